The molecule has 10 heteroatoms. The van der Waals surface area contributed by atoms with Crippen molar-refractivity contribution in [2.24, 2.45) is 0 Å². The second-order valence-corrected chi connectivity index (χ2v) is 11.1. The van der Waals surface area contributed by atoms with Gasteiger partial charge in [0.05, 0.1) is 28.7 Å². The first-order valence-electron chi connectivity index (χ1n) is 14.8. The average Bonchev–Trinajstić information content (AvgIpc) is 3.08. The normalized spacial score (nSPS) is 13.4. The number of aromatic nitrogens is 2. The minimum Gasteiger partial charge on any atom is -0.450 e. The van der Waals surface area contributed by atoms with Gasteiger partial charge in [-0.3, -0.25) is 4.79 Å². The summed E-state index contributed by atoms with van der Waals surface area (Å²) in [4.78, 5) is 38.7. The number of hydrogen-bond donors (Lipinski definition) is 1. The summed E-state index contributed by atoms with van der Waals surface area (Å²) in [6.07, 6.45) is -0.315. The van der Waals surface area contributed by atoms with Gasteiger partial charge in [-0.25, -0.2) is 14.8 Å². The van der Waals surface area contributed by atoms with Crippen molar-refractivity contribution in [3.63, 3.8) is 0 Å². The molecule has 0 saturated carbocycles. The number of nitrogens with one attached hydrogen (secondary N) is 1. The molecule has 2 heterocycles. The highest BCUT2D eigenvalue weighted by atomic mass is 32.1. The topological polar surface area (TPSA) is 96.9 Å². The second kappa shape index (κ2) is 12.0. The van der Waals surface area contributed by atoms with Crippen LogP contribution < -0.4 is 10.1 Å². The van der Waals surface area contributed by atoms with Crippen molar-refractivity contribution in [3.05, 3.63) is 96.6 Å². The first-order chi connectivity index (χ1) is 22.0. The number of fused-ring (bicyclic) bond motifs is 7. The number of thiocarbonyl (C=S) groups is 1. The van der Waals surface area contributed by atoms with Gasteiger partial charge in [0.15, 0.2) is 0 Å². The van der Waals surface area contributed by atoms with E-state index >= 15 is 0 Å². The van der Waals surface area contributed by atoms with Gasteiger partial charge in [0.25, 0.3) is 11.1 Å². The van der Waals surface area contributed by atoms with Gasteiger partial charge < -0.3 is 24.6 Å². The van der Waals surface area contributed by atoms with Gasteiger partial charge >= 0.3 is 6.09 Å². The Kier molecular flexibility index (Phi) is 7.56. The highest BCUT2D eigenvalue weighted by Gasteiger charge is 2.24. The molecule has 9 nitrogen and oxygen atoms in total. The van der Waals surface area contributed by atoms with Crippen molar-refractivity contribution in [2.45, 2.75) is 6.92 Å². The fraction of sp³-hybridized carbons (Fsp3) is 0.171. The van der Waals surface area contributed by atoms with Crippen molar-refractivity contribution in [1.29, 1.82) is 0 Å². The van der Waals surface area contributed by atoms with E-state index in [4.69, 9.17) is 31.7 Å². The van der Waals surface area contributed by atoms with Crippen LogP contribution in [0.3, 0.4) is 0 Å². The Morgan fingerprint density at radius 1 is 0.756 bits per heavy atom. The Hall–Kier alpha value is -5.35. The van der Waals surface area contributed by atoms with Crippen LogP contribution in [-0.4, -0.2) is 69.7 Å². The Morgan fingerprint density at radius 2 is 1.33 bits per heavy atom. The second-order valence-electron chi connectivity index (χ2n) is 10.7. The number of carbonyl (C=O) groups is 2. The predicted molar refractivity (Wildman–Crippen MR) is 180 cm³/mol. The van der Waals surface area contributed by atoms with E-state index in [0.717, 1.165) is 38.1 Å². The fourth-order valence-corrected chi connectivity index (χ4v) is 5.96. The molecule has 0 aliphatic carbocycles. The monoisotopic (exact) mass is 615 g/mol. The summed E-state index contributed by atoms with van der Waals surface area (Å²) in [7, 11) is 0. The summed E-state index contributed by atoms with van der Waals surface area (Å²) < 4.78 is 10.9. The molecule has 0 radical (unpaired) electrons. The molecule has 0 spiro atoms. The van der Waals surface area contributed by atoms with Crippen LogP contribution in [0.5, 0.6) is 5.75 Å². The van der Waals surface area contributed by atoms with Gasteiger partial charge in [-0.2, -0.15) is 0 Å². The van der Waals surface area contributed by atoms with Crippen LogP contribution in [0, 0.1) is 0 Å². The van der Waals surface area contributed by atoms with E-state index in [-0.39, 0.29) is 12.0 Å². The van der Waals surface area contributed by atoms with E-state index < -0.39 is 0 Å². The number of amides is 2. The minimum absolute atomic E-state index is 0.260. The summed E-state index contributed by atoms with van der Waals surface area (Å²) in [6, 6.07) is 28.9. The molecule has 1 aromatic heterocycles. The lowest BCUT2D eigenvalue weighted by molar-refractivity contribution is 0.0901. The molecular weight excluding hydrogens is 586 g/mol. The van der Waals surface area contributed by atoms with Gasteiger partial charge in [0.2, 0.25) is 0 Å². The zero-order valence-corrected chi connectivity index (χ0v) is 25.3. The lowest BCUT2D eigenvalue weighted by Gasteiger charge is -2.34. The highest BCUT2D eigenvalue weighted by Crippen LogP contribution is 2.34. The smallest absolute Gasteiger partial charge is 0.409 e. The molecule has 2 amide bonds. The summed E-state index contributed by atoms with van der Waals surface area (Å²) in [5.41, 5.74) is 4.22. The number of nitrogens with zero attached hydrogens (tertiary/aromatic N) is 4. The lowest BCUT2D eigenvalue weighted by Crippen LogP contribution is -2.51. The van der Waals surface area contributed by atoms with Crippen molar-refractivity contribution in [2.75, 3.05) is 38.1 Å². The van der Waals surface area contributed by atoms with Crippen LogP contribution in [-0.2, 0) is 4.74 Å². The number of benzene rings is 5. The summed E-state index contributed by atoms with van der Waals surface area (Å²) >= 11 is 5.48. The SMILES string of the molecule is CCOC(=O)N1CCN(C(=S)Oc2ccc(C(=O)Nc3ccc4nc5c6ccccc6c6ccccc6c5nc4c3)cc2)CC1. The van der Waals surface area contributed by atoms with E-state index in [1.165, 1.54) is 0 Å². The fourth-order valence-electron chi connectivity index (χ4n) is 5.69. The van der Waals surface area contributed by atoms with E-state index in [0.29, 0.717) is 60.5 Å². The Bertz CT molecular complexity index is 2110. The third kappa shape index (κ3) is 5.56. The number of carbonyl (C=O) groups excluding carboxylic acids is 2. The Morgan fingerprint density at radius 3 is 1.96 bits per heavy atom. The van der Waals surface area contributed by atoms with Crippen LogP contribution in [0.1, 0.15) is 17.3 Å². The molecule has 0 unspecified atom stereocenters. The first-order valence-corrected chi connectivity index (χ1v) is 15.2. The molecule has 45 heavy (non-hydrogen) atoms. The minimum atomic E-state index is -0.315. The maximum Gasteiger partial charge on any atom is 0.409 e. The first kappa shape index (κ1) is 28.4. The van der Waals surface area contributed by atoms with E-state index in [9.17, 15) is 9.59 Å². The molecule has 5 aromatic carbocycles. The van der Waals surface area contributed by atoms with Crippen LogP contribution in [0.15, 0.2) is 91.0 Å². The zero-order chi connectivity index (χ0) is 30.9. The van der Waals surface area contributed by atoms with Crippen LogP contribution in [0.2, 0.25) is 0 Å². The number of anilines is 1. The zero-order valence-electron chi connectivity index (χ0n) is 24.5. The molecule has 1 aliphatic heterocycles. The molecule has 6 aromatic rings. The van der Waals surface area contributed by atoms with Crippen molar-refractivity contribution >= 4 is 78.7 Å². The quantitative estimate of drug-likeness (QED) is 0.132. The van der Waals surface area contributed by atoms with Crippen LogP contribution in [0.25, 0.3) is 43.6 Å². The van der Waals surface area contributed by atoms with Gasteiger partial charge in [-0.05, 0) is 72.4 Å². The van der Waals surface area contributed by atoms with E-state index in [1.54, 1.807) is 36.1 Å². The number of ether oxygens (including phenoxy) is 2. The molecule has 0 atom stereocenters. The third-order valence-corrected chi connectivity index (χ3v) is 8.30. The van der Waals surface area contributed by atoms with E-state index in [1.807, 2.05) is 47.4 Å². The maximum absolute atomic E-state index is 13.1. The lowest BCUT2D eigenvalue weighted by atomic mass is 9.99. The van der Waals surface area contributed by atoms with Crippen molar-refractivity contribution in [3.8, 4) is 5.75 Å². The number of piperazine rings is 1. The molecule has 1 saturated heterocycles. The molecule has 7 rings (SSSR count). The van der Waals surface area contributed by atoms with Gasteiger partial charge in [0.1, 0.15) is 5.75 Å². The Labute approximate surface area is 264 Å². The van der Waals surface area contributed by atoms with Crippen LogP contribution in [0.4, 0.5) is 10.5 Å². The van der Waals surface area contributed by atoms with Crippen molar-refractivity contribution < 1.29 is 19.1 Å². The molecular formula is C35H29N5O4S. The summed E-state index contributed by atoms with van der Waals surface area (Å²) in [6.45, 7) is 4.25. The molecule has 1 N–H and O–H groups in total. The van der Waals surface area contributed by atoms with Gasteiger partial charge in [0, 0.05) is 48.2 Å². The molecule has 0 bridgehead atoms. The summed E-state index contributed by atoms with van der Waals surface area (Å²) in [5.74, 6) is 0.265. The van der Waals surface area contributed by atoms with E-state index in [2.05, 4.69) is 29.6 Å². The maximum atomic E-state index is 13.1. The number of rotatable bonds is 4. The molecule has 224 valence electrons. The standard InChI is InChI=1S/C35H29N5O4S/c1-2-43-34(42)39-17-19-40(20-18-39)35(45)44-24-14-11-22(12-15-24)33(41)36-23-13-16-29-30(21-23)38-32-28-10-6-4-8-26(28)25-7-3-5-9-27(25)31(32)37-29/h3-16,21H,2,17-20H2,1H3,(H,36,41). The molecule has 1 fully saturated rings. The molecule has 1 aliphatic rings. The number of hydrogen-bond acceptors (Lipinski definition) is 7. The van der Waals surface area contributed by atoms with Crippen LogP contribution >= 0.6 is 12.2 Å². The third-order valence-electron chi connectivity index (χ3n) is 7.96. The highest BCUT2D eigenvalue weighted by molar-refractivity contribution is 7.80. The summed E-state index contributed by atoms with van der Waals surface area (Å²) in [5, 5.41) is 7.66. The van der Waals surface area contributed by atoms with Gasteiger partial charge in [-0.1, -0.05) is 48.5 Å². The average molecular weight is 616 g/mol. The Balaban J connectivity index is 1.06. The largest absolute Gasteiger partial charge is 0.450 e. The van der Waals surface area contributed by atoms with Crippen molar-refractivity contribution in [1.82, 2.24) is 19.8 Å². The predicted octanol–water partition coefficient (Wildman–Crippen LogP) is 6.78. The van der Waals surface area contributed by atoms with Gasteiger partial charge in [-0.15, -0.1) is 0 Å².